The van der Waals surface area contributed by atoms with Gasteiger partial charge < -0.3 is 33.9 Å². The zero-order chi connectivity index (χ0) is 31.1. The molecule has 43 heavy (non-hydrogen) atoms. The molecule has 1 aliphatic heterocycles. The van der Waals surface area contributed by atoms with E-state index in [0.29, 0.717) is 12.0 Å². The van der Waals surface area contributed by atoms with Crippen LogP contribution in [0.1, 0.15) is 24.3 Å². The van der Waals surface area contributed by atoms with Crippen LogP contribution in [0.15, 0.2) is 64.3 Å². The number of nitro groups is 1. The van der Waals surface area contributed by atoms with Crippen LogP contribution in [0, 0.1) is 10.1 Å². The number of carbonyl (C=O) groups excluding carboxylic acids is 1. The molecule has 15 nitrogen and oxygen atoms in total. The lowest BCUT2D eigenvalue weighted by molar-refractivity contribution is -0.384. The van der Waals surface area contributed by atoms with Gasteiger partial charge >= 0.3 is 11.8 Å². The minimum absolute atomic E-state index is 0.00275. The molecule has 0 aliphatic carbocycles. The summed E-state index contributed by atoms with van der Waals surface area (Å²) in [6.07, 6.45) is -5.01. The maximum Gasteiger partial charge on any atom is 0.513 e. The first-order valence-corrected chi connectivity index (χ1v) is 13.3. The Morgan fingerprint density at radius 2 is 1.91 bits per heavy atom. The van der Waals surface area contributed by atoms with Crippen LogP contribution in [0.3, 0.4) is 0 Å². The third-order valence-electron chi connectivity index (χ3n) is 6.40. The lowest BCUT2D eigenvalue weighted by Crippen LogP contribution is -2.41. The minimum atomic E-state index is -1.31. The summed E-state index contributed by atoms with van der Waals surface area (Å²) in [5, 5.41) is 31.0. The minimum Gasteiger partial charge on any atom is -0.434 e. The maximum atomic E-state index is 12.3. The molecule has 5 atom stereocenters. The van der Waals surface area contributed by atoms with Crippen molar-refractivity contribution in [2.75, 3.05) is 13.2 Å². The number of aliphatic hydroxyl groups is 2. The number of nitrogens with one attached hydrogen (secondary N) is 1. The number of benzene rings is 2. The van der Waals surface area contributed by atoms with Crippen LogP contribution in [0.2, 0.25) is 5.02 Å². The number of non-ortho nitro benzene ring substituents is 1. The van der Waals surface area contributed by atoms with E-state index in [-0.39, 0.29) is 29.7 Å². The van der Waals surface area contributed by atoms with Gasteiger partial charge in [0.25, 0.3) is 11.2 Å². The Morgan fingerprint density at radius 1 is 1.19 bits per heavy atom. The first-order valence-electron chi connectivity index (χ1n) is 12.9. The van der Waals surface area contributed by atoms with Crippen molar-refractivity contribution in [3.63, 3.8) is 0 Å². The number of nitro benzene ring substituents is 1. The summed E-state index contributed by atoms with van der Waals surface area (Å²) < 4.78 is 28.4. The molecule has 4 rings (SSSR count). The quantitative estimate of drug-likeness (QED) is 0.0874. The first-order chi connectivity index (χ1) is 20.5. The summed E-state index contributed by atoms with van der Waals surface area (Å²) in [4.78, 5) is 48.1. The molecule has 0 radical (unpaired) electrons. The standard InChI is InChI=1S/C27H28ClN3O12/c1-15(41-24-23(34)21(13-32)42-25(24)30-10-8-22(33)29-26(30)35)40-14-17-4-7-20(19(28)12-17)43-27(36)39-11-9-16-2-5-18(6-3-16)31(37)38/h2-8,10,12,15,21,23-25,32,34H,9,11,13-14H2,1H3,(H,29,33,35)/t15?,21-,23-,24-,25-/m1/s1. The second-order valence-corrected chi connectivity index (χ2v) is 9.78. The van der Waals surface area contributed by atoms with Gasteiger partial charge in [0.2, 0.25) is 0 Å². The molecule has 3 aromatic rings. The molecule has 0 bridgehead atoms. The molecule has 1 saturated heterocycles. The van der Waals surface area contributed by atoms with E-state index in [9.17, 15) is 34.7 Å². The van der Waals surface area contributed by atoms with Gasteiger partial charge in [0, 0.05) is 30.8 Å². The lowest BCUT2D eigenvalue weighted by Gasteiger charge is -2.25. The Morgan fingerprint density at radius 3 is 2.56 bits per heavy atom. The molecule has 1 aliphatic rings. The van der Waals surface area contributed by atoms with E-state index in [1.165, 1.54) is 30.5 Å². The van der Waals surface area contributed by atoms with Crippen LogP contribution in [0.4, 0.5) is 10.5 Å². The number of carbonyl (C=O) groups is 1. The van der Waals surface area contributed by atoms with E-state index in [1.54, 1.807) is 25.1 Å². The Balaban J connectivity index is 1.27. The number of aromatic nitrogens is 2. The predicted molar refractivity (Wildman–Crippen MR) is 148 cm³/mol. The molecule has 2 heterocycles. The zero-order valence-corrected chi connectivity index (χ0v) is 23.4. The number of rotatable bonds is 12. The smallest absolute Gasteiger partial charge is 0.434 e. The Bertz CT molecular complexity index is 1540. The second-order valence-electron chi connectivity index (χ2n) is 9.37. The molecule has 3 N–H and O–H groups in total. The van der Waals surface area contributed by atoms with Gasteiger partial charge in [0.1, 0.15) is 18.3 Å². The molecule has 1 fully saturated rings. The van der Waals surface area contributed by atoms with Crippen LogP contribution in [0.25, 0.3) is 0 Å². The van der Waals surface area contributed by atoms with E-state index < -0.39 is 59.8 Å². The number of H-pyrrole nitrogens is 1. The Hall–Kier alpha value is -4.12. The Kier molecular flexibility index (Phi) is 10.6. The molecular weight excluding hydrogens is 594 g/mol. The number of ether oxygens (including phenoxy) is 5. The van der Waals surface area contributed by atoms with Crippen molar-refractivity contribution in [1.29, 1.82) is 0 Å². The number of aromatic amines is 1. The largest absolute Gasteiger partial charge is 0.513 e. The fourth-order valence-corrected chi connectivity index (χ4v) is 4.46. The maximum absolute atomic E-state index is 12.3. The summed E-state index contributed by atoms with van der Waals surface area (Å²) in [5.74, 6) is 0.0468. The summed E-state index contributed by atoms with van der Waals surface area (Å²) in [7, 11) is 0. The van der Waals surface area contributed by atoms with Crippen molar-refractivity contribution in [1.82, 2.24) is 9.55 Å². The average molecular weight is 622 g/mol. The van der Waals surface area contributed by atoms with Crippen molar-refractivity contribution in [2.24, 2.45) is 0 Å². The van der Waals surface area contributed by atoms with Crippen LogP contribution < -0.4 is 16.0 Å². The highest BCUT2D eigenvalue weighted by Gasteiger charge is 2.46. The van der Waals surface area contributed by atoms with Gasteiger partial charge in [-0.15, -0.1) is 0 Å². The number of nitrogens with zero attached hydrogens (tertiary/aromatic N) is 2. The van der Waals surface area contributed by atoms with E-state index >= 15 is 0 Å². The SMILES string of the molecule is CC(OCc1ccc(OC(=O)OCCc2ccc([N+](=O)[O-])cc2)c(Cl)c1)O[C@@H]1[C@H](O)[C@@H](CO)O[C@H]1n1ccc(=O)[nH]c1=O. The van der Waals surface area contributed by atoms with Gasteiger partial charge in [0.15, 0.2) is 18.3 Å². The van der Waals surface area contributed by atoms with Crippen LogP contribution in [-0.2, 0) is 32.0 Å². The van der Waals surface area contributed by atoms with E-state index in [2.05, 4.69) is 4.98 Å². The van der Waals surface area contributed by atoms with Crippen molar-refractivity contribution in [3.8, 4) is 5.75 Å². The fourth-order valence-electron chi connectivity index (χ4n) is 4.21. The fraction of sp³-hybridized carbons (Fsp3) is 0.370. The highest BCUT2D eigenvalue weighted by atomic mass is 35.5. The third-order valence-corrected chi connectivity index (χ3v) is 6.69. The third kappa shape index (κ3) is 8.25. The molecule has 2 aromatic carbocycles. The lowest BCUT2D eigenvalue weighted by atomic mass is 10.1. The topological polar surface area (TPSA) is 202 Å². The van der Waals surface area contributed by atoms with Crippen molar-refractivity contribution >= 4 is 23.4 Å². The molecule has 0 amide bonds. The van der Waals surface area contributed by atoms with E-state index in [1.807, 2.05) is 0 Å². The van der Waals surface area contributed by atoms with Crippen LogP contribution in [-0.4, -0.2) is 68.7 Å². The van der Waals surface area contributed by atoms with Crippen molar-refractivity contribution in [2.45, 2.75) is 50.8 Å². The van der Waals surface area contributed by atoms with Gasteiger partial charge in [-0.1, -0.05) is 29.8 Å². The van der Waals surface area contributed by atoms with Crippen molar-refractivity contribution in [3.05, 3.63) is 102 Å². The van der Waals surface area contributed by atoms with Gasteiger partial charge in [-0.05, 0) is 30.2 Å². The number of hydrogen-bond donors (Lipinski definition) is 3. The monoisotopic (exact) mass is 621 g/mol. The molecule has 230 valence electrons. The normalized spacial score (nSPS) is 20.5. The van der Waals surface area contributed by atoms with Crippen LogP contribution in [0.5, 0.6) is 5.75 Å². The molecular formula is C27H28ClN3O12. The molecule has 1 unspecified atom stereocenters. The first kappa shape index (κ1) is 31.8. The number of halogens is 1. The Labute approximate surface area is 248 Å². The summed E-state index contributed by atoms with van der Waals surface area (Å²) in [6.45, 7) is 0.995. The number of hydrogen-bond acceptors (Lipinski definition) is 12. The predicted octanol–water partition coefficient (Wildman–Crippen LogP) is 2.05. The van der Waals surface area contributed by atoms with E-state index in [0.717, 1.165) is 16.2 Å². The summed E-state index contributed by atoms with van der Waals surface area (Å²) in [5.41, 5.74) is -0.107. The van der Waals surface area contributed by atoms with Gasteiger partial charge in [-0.3, -0.25) is 24.5 Å². The molecule has 0 spiro atoms. The van der Waals surface area contributed by atoms with Gasteiger partial charge in [0.05, 0.1) is 29.8 Å². The second kappa shape index (κ2) is 14.4. The highest BCUT2D eigenvalue weighted by molar-refractivity contribution is 6.32. The number of aliphatic hydroxyl groups excluding tert-OH is 2. The van der Waals surface area contributed by atoms with Gasteiger partial charge in [-0.2, -0.15) is 0 Å². The highest BCUT2D eigenvalue weighted by Crippen LogP contribution is 2.32. The summed E-state index contributed by atoms with van der Waals surface area (Å²) >= 11 is 6.26. The summed E-state index contributed by atoms with van der Waals surface area (Å²) in [6, 6.07) is 11.5. The van der Waals surface area contributed by atoms with Gasteiger partial charge in [-0.25, -0.2) is 9.59 Å². The average Bonchev–Trinajstić information content (AvgIpc) is 3.27. The molecule has 16 heteroatoms. The molecule has 0 saturated carbocycles. The van der Waals surface area contributed by atoms with Crippen molar-refractivity contribution < 1.29 is 43.6 Å². The zero-order valence-electron chi connectivity index (χ0n) is 22.7. The molecule has 1 aromatic heterocycles. The van der Waals surface area contributed by atoms with Crippen LogP contribution >= 0.6 is 11.6 Å². The van der Waals surface area contributed by atoms with E-state index in [4.69, 9.17) is 35.3 Å².